The van der Waals surface area contributed by atoms with Crippen molar-refractivity contribution in [2.75, 3.05) is 5.75 Å². The lowest BCUT2D eigenvalue weighted by atomic mass is 9.96. The van der Waals surface area contributed by atoms with Crippen LogP contribution in [0.15, 0.2) is 36.4 Å². The highest BCUT2D eigenvalue weighted by Crippen LogP contribution is 2.23. The summed E-state index contributed by atoms with van der Waals surface area (Å²) in [6, 6.07) is 9.02. The second kappa shape index (κ2) is 6.98. The molecule has 0 aliphatic carbocycles. The SMILES string of the molecule is CCc1ccc2ccccc2c1C(=O)N[C@@H](CS(=O)(=O)O)C(=O)O. The zero-order valence-corrected chi connectivity index (χ0v) is 13.7. The van der Waals surface area contributed by atoms with E-state index in [9.17, 15) is 18.0 Å². The van der Waals surface area contributed by atoms with Gasteiger partial charge in [0, 0.05) is 0 Å². The monoisotopic (exact) mass is 351 g/mol. The van der Waals surface area contributed by atoms with Gasteiger partial charge in [-0.2, -0.15) is 8.42 Å². The van der Waals surface area contributed by atoms with Crippen LogP contribution in [0.1, 0.15) is 22.8 Å². The van der Waals surface area contributed by atoms with E-state index in [4.69, 9.17) is 9.66 Å². The zero-order valence-electron chi connectivity index (χ0n) is 12.9. The minimum Gasteiger partial charge on any atom is -0.480 e. The average Bonchev–Trinajstić information content (AvgIpc) is 2.51. The fourth-order valence-electron chi connectivity index (χ4n) is 2.50. The maximum Gasteiger partial charge on any atom is 0.327 e. The largest absolute Gasteiger partial charge is 0.480 e. The van der Waals surface area contributed by atoms with E-state index in [-0.39, 0.29) is 0 Å². The Labute approximate surface area is 139 Å². The molecule has 0 saturated carbocycles. The molecule has 0 aliphatic rings. The molecule has 1 atom stereocenters. The Morgan fingerprint density at radius 2 is 1.83 bits per heavy atom. The van der Waals surface area contributed by atoms with Gasteiger partial charge in [-0.05, 0) is 22.8 Å². The van der Waals surface area contributed by atoms with Crippen molar-refractivity contribution in [2.45, 2.75) is 19.4 Å². The maximum atomic E-state index is 12.6. The molecule has 2 aromatic rings. The molecule has 128 valence electrons. The highest BCUT2D eigenvalue weighted by Gasteiger charge is 2.27. The number of fused-ring (bicyclic) bond motifs is 1. The van der Waals surface area contributed by atoms with E-state index in [1.165, 1.54) is 0 Å². The summed E-state index contributed by atoms with van der Waals surface area (Å²) in [6.45, 7) is 1.85. The average molecular weight is 351 g/mol. The number of hydrogen-bond acceptors (Lipinski definition) is 4. The Kier molecular flexibility index (Phi) is 5.20. The van der Waals surface area contributed by atoms with E-state index in [1.54, 1.807) is 18.2 Å². The molecular formula is C16H17NO6S. The van der Waals surface area contributed by atoms with Gasteiger partial charge in [-0.3, -0.25) is 9.35 Å². The Bertz CT molecular complexity index is 891. The summed E-state index contributed by atoms with van der Waals surface area (Å²) in [7, 11) is -4.55. The van der Waals surface area contributed by atoms with Gasteiger partial charge in [-0.15, -0.1) is 0 Å². The van der Waals surface area contributed by atoms with Crippen LogP contribution in [0.4, 0.5) is 0 Å². The standard InChI is InChI=1S/C16H17NO6S/c1-2-10-7-8-11-5-3-4-6-12(11)14(10)15(18)17-13(16(19)20)9-24(21,22)23/h3-8,13H,2,9H2,1H3,(H,17,18)(H,19,20)(H,21,22,23)/t13-/m0/s1. The Balaban J connectivity index is 2.45. The van der Waals surface area contributed by atoms with Crippen molar-refractivity contribution in [3.05, 3.63) is 47.5 Å². The summed E-state index contributed by atoms with van der Waals surface area (Å²) in [5, 5.41) is 12.7. The Morgan fingerprint density at radius 1 is 1.17 bits per heavy atom. The molecule has 0 saturated heterocycles. The smallest absolute Gasteiger partial charge is 0.327 e. The number of carboxylic acids is 1. The van der Waals surface area contributed by atoms with Crippen LogP contribution in [0.3, 0.4) is 0 Å². The number of aryl methyl sites for hydroxylation is 1. The van der Waals surface area contributed by atoms with Crippen molar-refractivity contribution in [1.82, 2.24) is 5.32 Å². The van der Waals surface area contributed by atoms with Crippen LogP contribution < -0.4 is 5.32 Å². The minimum atomic E-state index is -4.55. The summed E-state index contributed by atoms with van der Waals surface area (Å²) >= 11 is 0. The van der Waals surface area contributed by atoms with Gasteiger partial charge in [0.05, 0.1) is 5.56 Å². The number of carboxylic acid groups (broad SMARTS) is 1. The lowest BCUT2D eigenvalue weighted by molar-refractivity contribution is -0.138. The second-order valence-corrected chi connectivity index (χ2v) is 6.78. The third-order valence-corrected chi connectivity index (χ3v) is 4.36. The first kappa shape index (κ1) is 17.9. The number of aliphatic carboxylic acids is 1. The minimum absolute atomic E-state index is 0.303. The van der Waals surface area contributed by atoms with E-state index in [0.29, 0.717) is 22.9 Å². The van der Waals surface area contributed by atoms with Crippen molar-refractivity contribution in [1.29, 1.82) is 0 Å². The third-order valence-electron chi connectivity index (χ3n) is 3.60. The van der Waals surface area contributed by atoms with Crippen LogP contribution in [-0.2, 0) is 21.3 Å². The first-order valence-corrected chi connectivity index (χ1v) is 8.83. The van der Waals surface area contributed by atoms with Crippen LogP contribution >= 0.6 is 0 Å². The summed E-state index contributed by atoms with van der Waals surface area (Å²) in [5.41, 5.74) is 1.01. The first-order valence-electron chi connectivity index (χ1n) is 7.22. The van der Waals surface area contributed by atoms with E-state index in [1.807, 2.05) is 25.1 Å². The normalized spacial score (nSPS) is 12.8. The van der Waals surface area contributed by atoms with Gasteiger partial charge in [-0.1, -0.05) is 43.3 Å². The van der Waals surface area contributed by atoms with Crippen LogP contribution in [0.2, 0.25) is 0 Å². The maximum absolute atomic E-state index is 12.6. The van der Waals surface area contributed by atoms with Gasteiger partial charge in [0.25, 0.3) is 16.0 Å². The van der Waals surface area contributed by atoms with Crippen LogP contribution in [0.25, 0.3) is 10.8 Å². The number of nitrogens with one attached hydrogen (secondary N) is 1. The van der Waals surface area contributed by atoms with Crippen molar-refractivity contribution < 1.29 is 27.7 Å². The van der Waals surface area contributed by atoms with Crippen LogP contribution in [-0.4, -0.2) is 41.7 Å². The number of amides is 1. The molecule has 7 nitrogen and oxygen atoms in total. The summed E-state index contributed by atoms with van der Waals surface area (Å²) in [6.07, 6.45) is 0.545. The molecule has 24 heavy (non-hydrogen) atoms. The van der Waals surface area contributed by atoms with Crippen molar-refractivity contribution in [3.63, 3.8) is 0 Å². The number of hydrogen-bond donors (Lipinski definition) is 3. The van der Waals surface area contributed by atoms with E-state index in [0.717, 1.165) is 5.39 Å². The van der Waals surface area contributed by atoms with E-state index < -0.39 is 33.8 Å². The van der Waals surface area contributed by atoms with Crippen molar-refractivity contribution >= 4 is 32.8 Å². The molecule has 0 fully saturated rings. The topological polar surface area (TPSA) is 121 Å². The lowest BCUT2D eigenvalue weighted by Crippen LogP contribution is -2.45. The predicted octanol–water partition coefficient (Wildman–Crippen LogP) is 1.47. The van der Waals surface area contributed by atoms with Crippen molar-refractivity contribution in [3.8, 4) is 0 Å². The molecule has 0 aliphatic heterocycles. The number of carbonyl (C=O) groups excluding carboxylic acids is 1. The molecule has 0 unspecified atom stereocenters. The molecular weight excluding hydrogens is 334 g/mol. The first-order chi connectivity index (χ1) is 11.2. The molecule has 0 spiro atoms. The summed E-state index contributed by atoms with van der Waals surface area (Å²) in [5.74, 6) is -3.33. The molecule has 1 amide bonds. The quantitative estimate of drug-likeness (QED) is 0.678. The highest BCUT2D eigenvalue weighted by molar-refractivity contribution is 7.85. The zero-order chi connectivity index (χ0) is 17.9. The van der Waals surface area contributed by atoms with Gasteiger partial charge >= 0.3 is 5.97 Å². The predicted molar refractivity (Wildman–Crippen MR) is 88.6 cm³/mol. The lowest BCUT2D eigenvalue weighted by Gasteiger charge is -2.16. The van der Waals surface area contributed by atoms with Gasteiger partial charge in [0.15, 0.2) is 0 Å². The van der Waals surface area contributed by atoms with Gasteiger partial charge < -0.3 is 10.4 Å². The Morgan fingerprint density at radius 3 is 2.42 bits per heavy atom. The molecule has 3 N–H and O–H groups in total. The van der Waals surface area contributed by atoms with Crippen LogP contribution in [0.5, 0.6) is 0 Å². The fraction of sp³-hybridized carbons (Fsp3) is 0.250. The number of rotatable bonds is 6. The van der Waals surface area contributed by atoms with Crippen LogP contribution in [0, 0.1) is 0 Å². The van der Waals surface area contributed by atoms with E-state index in [2.05, 4.69) is 5.32 Å². The summed E-state index contributed by atoms with van der Waals surface area (Å²) in [4.78, 5) is 23.8. The molecule has 0 bridgehead atoms. The molecule has 0 radical (unpaired) electrons. The molecule has 0 heterocycles. The third kappa shape index (κ3) is 4.09. The van der Waals surface area contributed by atoms with Gasteiger partial charge in [0.2, 0.25) is 0 Å². The molecule has 2 aromatic carbocycles. The van der Waals surface area contributed by atoms with E-state index >= 15 is 0 Å². The summed E-state index contributed by atoms with van der Waals surface area (Å²) < 4.78 is 30.7. The van der Waals surface area contributed by atoms with Gasteiger partial charge in [-0.25, -0.2) is 4.79 Å². The number of carbonyl (C=O) groups is 2. The number of benzene rings is 2. The fourth-order valence-corrected chi connectivity index (χ4v) is 3.14. The second-order valence-electron chi connectivity index (χ2n) is 5.29. The Hall–Kier alpha value is -2.45. The molecule has 8 heteroatoms. The molecule has 0 aromatic heterocycles. The van der Waals surface area contributed by atoms with Gasteiger partial charge in [0.1, 0.15) is 11.8 Å². The van der Waals surface area contributed by atoms with Crippen molar-refractivity contribution in [2.24, 2.45) is 0 Å². The highest BCUT2D eigenvalue weighted by atomic mass is 32.2. The molecule has 2 rings (SSSR count).